The molecular weight excluding hydrogens is 452 g/mol. The highest BCUT2D eigenvalue weighted by molar-refractivity contribution is 14.0. The number of rotatable bonds is 5. The number of hydrogen-bond acceptors (Lipinski definition) is 3. The van der Waals surface area contributed by atoms with Crippen molar-refractivity contribution < 1.29 is 4.39 Å². The van der Waals surface area contributed by atoms with Gasteiger partial charge in [0.15, 0.2) is 5.96 Å². The van der Waals surface area contributed by atoms with E-state index in [0.717, 1.165) is 5.56 Å². The monoisotopic (exact) mass is 471 g/mol. The zero-order valence-electron chi connectivity index (χ0n) is 13.6. The Bertz CT molecular complexity index is 803. The van der Waals surface area contributed by atoms with Crippen LogP contribution in [0.15, 0.2) is 59.4 Å². The van der Waals surface area contributed by atoms with Crippen LogP contribution in [-0.4, -0.2) is 22.6 Å². The molecule has 1 aromatic carbocycles. The Balaban J connectivity index is 0.00000225. The Morgan fingerprint density at radius 2 is 2.12 bits per heavy atom. The van der Waals surface area contributed by atoms with Crippen molar-refractivity contribution in [3.63, 3.8) is 0 Å². The Morgan fingerprint density at radius 1 is 1.28 bits per heavy atom. The third-order valence-corrected chi connectivity index (χ3v) is 4.36. The summed E-state index contributed by atoms with van der Waals surface area (Å²) in [4.78, 5) is 9.34. The van der Waals surface area contributed by atoms with E-state index in [0.29, 0.717) is 24.7 Å². The maximum Gasteiger partial charge on any atom is 0.191 e. The Hall–Kier alpha value is -1.94. The number of nitrogens with zero attached hydrogens (tertiary/aromatic N) is 3. The summed E-state index contributed by atoms with van der Waals surface area (Å²) < 4.78 is 15.9. The van der Waals surface area contributed by atoms with Gasteiger partial charge >= 0.3 is 0 Å². The van der Waals surface area contributed by atoms with Gasteiger partial charge in [-0.3, -0.25) is 4.99 Å². The molecule has 0 unspecified atom stereocenters. The molecule has 3 aromatic rings. The highest BCUT2D eigenvalue weighted by Crippen LogP contribution is 2.15. The van der Waals surface area contributed by atoms with E-state index in [2.05, 4.69) is 26.7 Å². The first-order chi connectivity index (χ1) is 11.8. The lowest BCUT2D eigenvalue weighted by atomic mass is 10.2. The van der Waals surface area contributed by atoms with Crippen molar-refractivity contribution >= 4 is 41.3 Å². The highest BCUT2D eigenvalue weighted by atomic mass is 127. The standard InChI is InChI=1S/C17H18FN5S.HI/c1-19-17(22-11-14-3-2-8-24-14)21-10-13-4-5-16(15(18)9-13)23-7-6-20-12-23;/h2-9,12H,10-11H2,1H3,(H2,19,21,22);1H. The zero-order valence-corrected chi connectivity index (χ0v) is 16.8. The summed E-state index contributed by atoms with van der Waals surface area (Å²) in [5.74, 6) is 0.399. The molecule has 3 rings (SSSR count). The van der Waals surface area contributed by atoms with Crippen LogP contribution in [0, 0.1) is 5.82 Å². The molecule has 0 spiro atoms. The lowest BCUT2D eigenvalue weighted by molar-refractivity contribution is 0.615. The van der Waals surface area contributed by atoms with E-state index in [1.54, 1.807) is 47.7 Å². The molecule has 8 heteroatoms. The number of aliphatic imine (C=N–C) groups is 1. The molecule has 0 radical (unpaired) electrons. The summed E-state index contributed by atoms with van der Waals surface area (Å²) >= 11 is 1.69. The van der Waals surface area contributed by atoms with E-state index in [-0.39, 0.29) is 29.8 Å². The maximum absolute atomic E-state index is 14.2. The molecule has 0 atom stereocenters. The Labute approximate surface area is 167 Å². The van der Waals surface area contributed by atoms with Gasteiger partial charge < -0.3 is 15.2 Å². The first-order valence-corrected chi connectivity index (χ1v) is 8.38. The highest BCUT2D eigenvalue weighted by Gasteiger charge is 2.06. The molecule has 0 amide bonds. The molecule has 0 fully saturated rings. The first-order valence-electron chi connectivity index (χ1n) is 7.50. The summed E-state index contributed by atoms with van der Waals surface area (Å²) in [6.07, 6.45) is 4.91. The summed E-state index contributed by atoms with van der Waals surface area (Å²) in [6.45, 7) is 1.20. The lowest BCUT2D eigenvalue weighted by Gasteiger charge is -2.12. The van der Waals surface area contributed by atoms with Crippen molar-refractivity contribution in [1.29, 1.82) is 0 Å². The quantitative estimate of drug-likeness (QED) is 0.340. The molecule has 5 nitrogen and oxygen atoms in total. The zero-order chi connectivity index (χ0) is 16.8. The molecule has 0 bridgehead atoms. The Morgan fingerprint density at radius 3 is 2.76 bits per heavy atom. The number of benzene rings is 1. The van der Waals surface area contributed by atoms with Crippen LogP contribution in [0.5, 0.6) is 0 Å². The molecule has 0 saturated carbocycles. The minimum Gasteiger partial charge on any atom is -0.352 e. The van der Waals surface area contributed by atoms with Crippen molar-refractivity contribution in [3.05, 3.63) is 70.7 Å². The van der Waals surface area contributed by atoms with E-state index < -0.39 is 0 Å². The van der Waals surface area contributed by atoms with Crippen LogP contribution in [0.1, 0.15) is 10.4 Å². The third-order valence-electron chi connectivity index (χ3n) is 3.49. The van der Waals surface area contributed by atoms with E-state index in [4.69, 9.17) is 0 Å². The van der Waals surface area contributed by atoms with E-state index >= 15 is 0 Å². The number of guanidine groups is 1. The Kier molecular flexibility index (Phi) is 7.38. The molecule has 2 N–H and O–H groups in total. The van der Waals surface area contributed by atoms with Gasteiger partial charge in [-0.1, -0.05) is 12.1 Å². The van der Waals surface area contributed by atoms with Gasteiger partial charge in [0.25, 0.3) is 0 Å². The van der Waals surface area contributed by atoms with Gasteiger partial charge in [0, 0.05) is 30.9 Å². The molecule has 0 aliphatic rings. The fraction of sp³-hybridized carbons (Fsp3) is 0.176. The smallest absolute Gasteiger partial charge is 0.191 e. The summed E-state index contributed by atoms with van der Waals surface area (Å²) in [5.41, 5.74) is 1.33. The second-order valence-electron chi connectivity index (χ2n) is 5.11. The van der Waals surface area contributed by atoms with Gasteiger partial charge in [-0.05, 0) is 29.1 Å². The predicted molar refractivity (Wildman–Crippen MR) is 110 cm³/mol. The SMILES string of the molecule is CN=C(NCc1ccc(-n2ccnc2)c(F)c1)NCc1cccs1.I. The van der Waals surface area contributed by atoms with Gasteiger partial charge in [0.05, 0.1) is 18.6 Å². The fourth-order valence-corrected chi connectivity index (χ4v) is 2.91. The second-order valence-corrected chi connectivity index (χ2v) is 6.15. The fourth-order valence-electron chi connectivity index (χ4n) is 2.26. The second kappa shape index (κ2) is 9.52. The van der Waals surface area contributed by atoms with Crippen molar-refractivity contribution in [2.24, 2.45) is 4.99 Å². The normalized spacial score (nSPS) is 11.0. The van der Waals surface area contributed by atoms with Crippen LogP contribution in [0.3, 0.4) is 0 Å². The van der Waals surface area contributed by atoms with Gasteiger partial charge in [-0.15, -0.1) is 35.3 Å². The van der Waals surface area contributed by atoms with Gasteiger partial charge in [-0.2, -0.15) is 0 Å². The molecule has 0 aliphatic heterocycles. The summed E-state index contributed by atoms with van der Waals surface area (Å²) in [5, 5.41) is 8.46. The minimum atomic E-state index is -0.283. The van der Waals surface area contributed by atoms with Crippen molar-refractivity contribution in [3.8, 4) is 5.69 Å². The van der Waals surface area contributed by atoms with Crippen molar-refractivity contribution in [2.45, 2.75) is 13.1 Å². The van der Waals surface area contributed by atoms with Gasteiger partial charge in [0.1, 0.15) is 5.82 Å². The average molecular weight is 471 g/mol. The van der Waals surface area contributed by atoms with E-state index in [1.807, 2.05) is 17.5 Å². The van der Waals surface area contributed by atoms with Gasteiger partial charge in [0.2, 0.25) is 0 Å². The van der Waals surface area contributed by atoms with Crippen molar-refractivity contribution in [2.75, 3.05) is 7.05 Å². The summed E-state index contributed by atoms with van der Waals surface area (Å²) in [7, 11) is 1.71. The van der Waals surface area contributed by atoms with Crippen LogP contribution in [-0.2, 0) is 13.1 Å². The number of imidazole rings is 1. The molecule has 0 aliphatic carbocycles. The molecule has 132 valence electrons. The summed E-state index contributed by atoms with van der Waals surface area (Å²) in [6, 6.07) is 9.24. The molecule has 2 heterocycles. The molecule has 0 saturated heterocycles. The number of halogens is 2. The van der Waals surface area contributed by atoms with Crippen LogP contribution in [0.2, 0.25) is 0 Å². The van der Waals surface area contributed by atoms with E-state index in [1.165, 1.54) is 10.9 Å². The van der Waals surface area contributed by atoms with Crippen LogP contribution in [0.25, 0.3) is 5.69 Å². The topological polar surface area (TPSA) is 54.2 Å². The third kappa shape index (κ3) is 5.27. The van der Waals surface area contributed by atoms with E-state index in [9.17, 15) is 4.39 Å². The molecule has 2 aromatic heterocycles. The average Bonchev–Trinajstić information content (AvgIpc) is 3.29. The number of thiophene rings is 1. The number of hydrogen-bond donors (Lipinski definition) is 2. The van der Waals surface area contributed by atoms with Crippen LogP contribution >= 0.6 is 35.3 Å². The van der Waals surface area contributed by atoms with Crippen molar-refractivity contribution in [1.82, 2.24) is 20.2 Å². The lowest BCUT2D eigenvalue weighted by Crippen LogP contribution is -2.36. The van der Waals surface area contributed by atoms with Crippen LogP contribution in [0.4, 0.5) is 4.39 Å². The maximum atomic E-state index is 14.2. The molecule has 25 heavy (non-hydrogen) atoms. The first kappa shape index (κ1) is 19.4. The predicted octanol–water partition coefficient (Wildman–Crippen LogP) is 3.56. The van der Waals surface area contributed by atoms with Crippen LogP contribution < -0.4 is 10.6 Å². The minimum absolute atomic E-state index is 0. The number of aromatic nitrogens is 2. The largest absolute Gasteiger partial charge is 0.352 e. The van der Waals surface area contributed by atoms with Gasteiger partial charge in [-0.25, -0.2) is 9.37 Å². The number of nitrogens with one attached hydrogen (secondary N) is 2. The molecular formula is C17H19FIN5S.